The fourth-order valence-corrected chi connectivity index (χ4v) is 2.36. The van der Waals surface area contributed by atoms with Gasteiger partial charge in [-0.1, -0.05) is 17.7 Å². The molecule has 5 nitrogen and oxygen atoms in total. The van der Waals surface area contributed by atoms with Crippen LogP contribution in [0.3, 0.4) is 0 Å². The van der Waals surface area contributed by atoms with Gasteiger partial charge in [0.25, 0.3) is 0 Å². The molecule has 1 aromatic heterocycles. The van der Waals surface area contributed by atoms with Gasteiger partial charge in [-0.15, -0.1) is 0 Å². The number of aromatic nitrogens is 1. The number of halogens is 1. The number of ether oxygens (including phenoxy) is 2. The number of nitrogens with zero attached hydrogens (tertiary/aromatic N) is 1. The molecule has 0 atom stereocenters. The minimum atomic E-state index is -0.165. The third kappa shape index (κ3) is 3.25. The summed E-state index contributed by atoms with van der Waals surface area (Å²) in [6.45, 7) is 0.957. The van der Waals surface area contributed by atoms with Gasteiger partial charge in [0, 0.05) is 6.20 Å². The van der Waals surface area contributed by atoms with Crippen LogP contribution in [0.5, 0.6) is 11.5 Å². The first-order chi connectivity index (χ1) is 10.2. The van der Waals surface area contributed by atoms with Crippen molar-refractivity contribution in [1.29, 1.82) is 0 Å². The van der Waals surface area contributed by atoms with Crippen molar-refractivity contribution < 1.29 is 14.3 Å². The van der Waals surface area contributed by atoms with Gasteiger partial charge in [-0.2, -0.15) is 0 Å². The van der Waals surface area contributed by atoms with Crippen molar-refractivity contribution in [1.82, 2.24) is 4.98 Å². The zero-order valence-corrected chi connectivity index (χ0v) is 11.9. The number of carbonyl (C=O) groups is 1. The molecule has 0 spiro atoms. The zero-order chi connectivity index (χ0) is 14.7. The highest BCUT2D eigenvalue weighted by Crippen LogP contribution is 2.38. The maximum absolute atomic E-state index is 12.0. The maximum Gasteiger partial charge on any atom is 0.229 e. The SMILES string of the molecule is O=C(Cc1cc(Cl)c2c(c1)OCCO2)Nc1ccccn1. The summed E-state index contributed by atoms with van der Waals surface area (Å²) in [5.74, 6) is 1.47. The number of carbonyl (C=O) groups excluding carboxylic acids is 1. The van der Waals surface area contributed by atoms with Crippen molar-refractivity contribution in [3.05, 3.63) is 47.1 Å². The monoisotopic (exact) mass is 304 g/mol. The van der Waals surface area contributed by atoms with Crippen LogP contribution < -0.4 is 14.8 Å². The minimum Gasteiger partial charge on any atom is -0.486 e. The van der Waals surface area contributed by atoms with E-state index < -0.39 is 0 Å². The first kappa shape index (κ1) is 13.7. The average molecular weight is 305 g/mol. The second-order valence-electron chi connectivity index (χ2n) is 4.54. The number of pyridine rings is 1. The molecule has 0 saturated heterocycles. The quantitative estimate of drug-likeness (QED) is 0.947. The lowest BCUT2D eigenvalue weighted by Gasteiger charge is -2.20. The molecule has 1 amide bonds. The highest BCUT2D eigenvalue weighted by molar-refractivity contribution is 6.32. The summed E-state index contributed by atoms with van der Waals surface area (Å²) in [5, 5.41) is 3.18. The number of nitrogens with one attached hydrogen (secondary N) is 1. The lowest BCUT2D eigenvalue weighted by molar-refractivity contribution is -0.115. The predicted molar refractivity (Wildman–Crippen MR) is 79.0 cm³/mol. The van der Waals surface area contributed by atoms with E-state index in [2.05, 4.69) is 10.3 Å². The molecule has 1 aliphatic heterocycles. The van der Waals surface area contributed by atoms with Crippen LogP contribution >= 0.6 is 11.6 Å². The summed E-state index contributed by atoms with van der Waals surface area (Å²) < 4.78 is 10.9. The van der Waals surface area contributed by atoms with Crippen molar-refractivity contribution >= 4 is 23.3 Å². The van der Waals surface area contributed by atoms with Crippen molar-refractivity contribution in [3.8, 4) is 11.5 Å². The Morgan fingerprint density at radius 2 is 2.14 bits per heavy atom. The van der Waals surface area contributed by atoms with E-state index in [0.717, 1.165) is 5.56 Å². The molecule has 0 radical (unpaired) electrons. The molecule has 1 aromatic carbocycles. The highest BCUT2D eigenvalue weighted by atomic mass is 35.5. The predicted octanol–water partition coefficient (Wildman–Crippen LogP) is 2.69. The largest absolute Gasteiger partial charge is 0.486 e. The first-order valence-corrected chi connectivity index (χ1v) is 6.89. The minimum absolute atomic E-state index is 0.165. The number of anilines is 1. The van der Waals surface area contributed by atoms with Crippen molar-refractivity contribution in [2.75, 3.05) is 18.5 Å². The Balaban J connectivity index is 1.73. The molecular formula is C15H13ClN2O3. The van der Waals surface area contributed by atoms with Gasteiger partial charge in [0.05, 0.1) is 11.4 Å². The van der Waals surface area contributed by atoms with Crippen molar-refractivity contribution in [2.24, 2.45) is 0 Å². The van der Waals surface area contributed by atoms with Crippen LogP contribution in [0.15, 0.2) is 36.5 Å². The highest BCUT2D eigenvalue weighted by Gasteiger charge is 2.17. The smallest absolute Gasteiger partial charge is 0.229 e. The molecule has 0 unspecified atom stereocenters. The number of amides is 1. The van der Waals surface area contributed by atoms with Gasteiger partial charge in [0.15, 0.2) is 11.5 Å². The molecule has 0 bridgehead atoms. The molecule has 21 heavy (non-hydrogen) atoms. The van der Waals surface area contributed by atoms with E-state index in [4.69, 9.17) is 21.1 Å². The lowest BCUT2D eigenvalue weighted by Crippen LogP contribution is -2.17. The average Bonchev–Trinajstić information content (AvgIpc) is 2.48. The fourth-order valence-electron chi connectivity index (χ4n) is 2.08. The van der Waals surface area contributed by atoms with E-state index in [9.17, 15) is 4.79 Å². The maximum atomic E-state index is 12.0. The Morgan fingerprint density at radius 1 is 1.29 bits per heavy atom. The molecule has 108 valence electrons. The second kappa shape index (κ2) is 6.01. The van der Waals surface area contributed by atoms with Crippen LogP contribution in [-0.4, -0.2) is 24.1 Å². The lowest BCUT2D eigenvalue weighted by atomic mass is 10.1. The molecule has 2 heterocycles. The second-order valence-corrected chi connectivity index (χ2v) is 4.95. The van der Waals surface area contributed by atoms with Gasteiger partial charge in [-0.05, 0) is 29.8 Å². The molecule has 1 N–H and O–H groups in total. The third-order valence-corrected chi connectivity index (χ3v) is 3.23. The van der Waals surface area contributed by atoms with E-state index in [0.29, 0.717) is 35.6 Å². The number of fused-ring (bicyclic) bond motifs is 1. The fraction of sp³-hybridized carbons (Fsp3) is 0.200. The van der Waals surface area contributed by atoms with E-state index in [-0.39, 0.29) is 12.3 Å². The first-order valence-electron chi connectivity index (χ1n) is 6.51. The van der Waals surface area contributed by atoms with Crippen molar-refractivity contribution in [2.45, 2.75) is 6.42 Å². The van der Waals surface area contributed by atoms with Crippen LogP contribution in [0.2, 0.25) is 5.02 Å². The van der Waals surface area contributed by atoms with Crippen LogP contribution in [0.4, 0.5) is 5.82 Å². The number of hydrogen-bond donors (Lipinski definition) is 1. The van der Waals surface area contributed by atoms with Crippen LogP contribution in [0.25, 0.3) is 0 Å². The van der Waals surface area contributed by atoms with Crippen LogP contribution in [-0.2, 0) is 11.2 Å². The van der Waals surface area contributed by atoms with Gasteiger partial charge in [0.1, 0.15) is 19.0 Å². The molecule has 0 aliphatic carbocycles. The third-order valence-electron chi connectivity index (χ3n) is 2.95. The zero-order valence-electron chi connectivity index (χ0n) is 11.1. The molecule has 2 aromatic rings. The Kier molecular flexibility index (Phi) is 3.92. The topological polar surface area (TPSA) is 60.5 Å². The normalized spacial score (nSPS) is 12.8. The van der Waals surface area contributed by atoms with E-state index >= 15 is 0 Å². The Morgan fingerprint density at radius 3 is 2.95 bits per heavy atom. The standard InChI is InChI=1S/C15H13ClN2O3/c16-11-7-10(8-12-15(11)21-6-5-20-12)9-14(19)18-13-3-1-2-4-17-13/h1-4,7-8H,5-6,9H2,(H,17,18,19). The molecular weight excluding hydrogens is 292 g/mol. The van der Waals surface area contributed by atoms with E-state index in [1.807, 2.05) is 6.07 Å². The summed E-state index contributed by atoms with van der Waals surface area (Å²) in [6, 6.07) is 8.82. The summed E-state index contributed by atoms with van der Waals surface area (Å²) in [4.78, 5) is 16.0. The van der Waals surface area contributed by atoms with Gasteiger partial charge in [-0.3, -0.25) is 4.79 Å². The summed E-state index contributed by atoms with van der Waals surface area (Å²) in [6.07, 6.45) is 1.81. The van der Waals surface area contributed by atoms with Gasteiger partial charge in [-0.25, -0.2) is 4.98 Å². The number of rotatable bonds is 3. The van der Waals surface area contributed by atoms with E-state index in [1.165, 1.54) is 0 Å². The van der Waals surface area contributed by atoms with Gasteiger partial charge in [0.2, 0.25) is 5.91 Å². The molecule has 0 fully saturated rings. The summed E-state index contributed by atoms with van der Waals surface area (Å²) in [7, 11) is 0. The molecule has 0 saturated carbocycles. The Labute approximate surface area is 126 Å². The van der Waals surface area contributed by atoms with Gasteiger partial charge < -0.3 is 14.8 Å². The molecule has 1 aliphatic rings. The Hall–Kier alpha value is -2.27. The number of hydrogen-bond acceptors (Lipinski definition) is 4. The summed E-state index contributed by atoms with van der Waals surface area (Å²) in [5.41, 5.74) is 0.762. The van der Waals surface area contributed by atoms with Crippen LogP contribution in [0.1, 0.15) is 5.56 Å². The van der Waals surface area contributed by atoms with Crippen molar-refractivity contribution in [3.63, 3.8) is 0 Å². The molecule has 3 rings (SSSR count). The molecule has 6 heteroatoms. The van der Waals surface area contributed by atoms with Crippen LogP contribution in [0, 0.1) is 0 Å². The number of benzene rings is 1. The van der Waals surface area contributed by atoms with E-state index in [1.54, 1.807) is 30.5 Å². The Bertz CT molecular complexity index is 661. The summed E-state index contributed by atoms with van der Waals surface area (Å²) >= 11 is 6.14. The van der Waals surface area contributed by atoms with Gasteiger partial charge >= 0.3 is 0 Å².